The van der Waals surface area contributed by atoms with Gasteiger partial charge < -0.3 is 14.8 Å². The fourth-order valence-electron chi connectivity index (χ4n) is 3.17. The van der Waals surface area contributed by atoms with E-state index in [1.54, 1.807) is 12.3 Å². The van der Waals surface area contributed by atoms with E-state index in [1.165, 1.54) is 11.3 Å². The van der Waals surface area contributed by atoms with Gasteiger partial charge in [0.25, 0.3) is 0 Å². The lowest BCUT2D eigenvalue weighted by atomic mass is 10.1. The third kappa shape index (κ3) is 7.00. The predicted molar refractivity (Wildman–Crippen MR) is 138 cm³/mol. The van der Waals surface area contributed by atoms with Crippen LogP contribution in [0.1, 0.15) is 31.9 Å². The Hall–Kier alpha value is -3.98. The Morgan fingerprint density at radius 1 is 1.03 bits per heavy atom. The number of carbonyl (C=O) groups excluding carboxylic acids is 1. The minimum atomic E-state index is -0.589. The predicted octanol–water partition coefficient (Wildman–Crippen LogP) is 6.58. The van der Waals surface area contributed by atoms with Gasteiger partial charge >= 0.3 is 6.09 Å². The number of aromatic nitrogens is 3. The van der Waals surface area contributed by atoms with Crippen LogP contribution in [-0.2, 0) is 11.3 Å². The van der Waals surface area contributed by atoms with E-state index in [2.05, 4.69) is 25.8 Å². The fraction of sp³-hybridized carbons (Fsp3) is 0.231. The van der Waals surface area contributed by atoms with E-state index in [0.29, 0.717) is 16.7 Å². The number of benzene rings is 2. The Kier molecular flexibility index (Phi) is 7.26. The summed E-state index contributed by atoms with van der Waals surface area (Å²) in [4.78, 5) is 16.2. The van der Waals surface area contributed by atoms with E-state index in [9.17, 15) is 4.79 Å². The summed E-state index contributed by atoms with van der Waals surface area (Å²) in [6.45, 7) is 7.73. The van der Waals surface area contributed by atoms with Gasteiger partial charge in [0.1, 0.15) is 23.8 Å². The standard InChI is InChI=1S/C26H27N5O3S/c1-17-10-11-21(20(14-17)23-30-31-24(35-23)28-19-8-6-5-7-9-19)33-16-18-12-13-27-22(15-18)29-25(32)34-26(2,3)4/h5-15H,16H2,1-4H3,(H,28,31)(H,27,29,32). The smallest absolute Gasteiger partial charge is 0.413 e. The van der Waals surface area contributed by atoms with Gasteiger partial charge in [0.05, 0.1) is 5.56 Å². The van der Waals surface area contributed by atoms with E-state index in [-0.39, 0.29) is 6.61 Å². The normalized spacial score (nSPS) is 11.1. The van der Waals surface area contributed by atoms with Gasteiger partial charge in [-0.15, -0.1) is 10.2 Å². The maximum Gasteiger partial charge on any atom is 0.413 e. The molecule has 0 saturated carbocycles. The molecule has 0 atom stereocenters. The molecule has 2 aromatic heterocycles. The Bertz CT molecular complexity index is 1300. The van der Waals surface area contributed by atoms with Crippen LogP contribution in [0.2, 0.25) is 0 Å². The molecule has 35 heavy (non-hydrogen) atoms. The molecule has 0 aliphatic heterocycles. The van der Waals surface area contributed by atoms with Crippen LogP contribution >= 0.6 is 11.3 Å². The molecule has 4 aromatic rings. The lowest BCUT2D eigenvalue weighted by molar-refractivity contribution is 0.0635. The summed E-state index contributed by atoms with van der Waals surface area (Å²) in [5.41, 5.74) is 3.16. The second-order valence-corrected chi connectivity index (χ2v) is 9.85. The monoisotopic (exact) mass is 489 g/mol. The van der Waals surface area contributed by atoms with Crippen molar-refractivity contribution in [2.24, 2.45) is 0 Å². The molecule has 180 valence electrons. The molecule has 9 heteroatoms. The van der Waals surface area contributed by atoms with Gasteiger partial charge in [0.2, 0.25) is 5.13 Å². The van der Waals surface area contributed by atoms with Crippen molar-refractivity contribution >= 4 is 34.1 Å². The molecule has 2 heterocycles. The molecule has 0 unspecified atom stereocenters. The summed E-state index contributed by atoms with van der Waals surface area (Å²) in [6, 6.07) is 19.4. The second-order valence-electron chi connectivity index (χ2n) is 8.87. The third-order valence-electron chi connectivity index (χ3n) is 4.66. The molecule has 0 aliphatic rings. The van der Waals surface area contributed by atoms with Gasteiger partial charge in [-0.1, -0.05) is 41.2 Å². The van der Waals surface area contributed by atoms with Crippen molar-refractivity contribution in [2.45, 2.75) is 39.9 Å². The molecular formula is C26H27N5O3S. The van der Waals surface area contributed by atoms with Crippen LogP contribution in [0, 0.1) is 6.92 Å². The first-order valence-electron chi connectivity index (χ1n) is 11.1. The quantitative estimate of drug-likeness (QED) is 0.303. The van der Waals surface area contributed by atoms with Crippen LogP contribution < -0.4 is 15.4 Å². The van der Waals surface area contributed by atoms with Crippen molar-refractivity contribution in [3.63, 3.8) is 0 Å². The first-order valence-corrected chi connectivity index (χ1v) is 11.9. The maximum atomic E-state index is 12.0. The van der Waals surface area contributed by atoms with Gasteiger partial charge in [-0.3, -0.25) is 5.32 Å². The summed E-state index contributed by atoms with van der Waals surface area (Å²) in [7, 11) is 0. The third-order valence-corrected chi connectivity index (χ3v) is 5.54. The minimum Gasteiger partial charge on any atom is -0.488 e. The summed E-state index contributed by atoms with van der Waals surface area (Å²) >= 11 is 1.45. The van der Waals surface area contributed by atoms with Gasteiger partial charge in [0.15, 0.2) is 5.01 Å². The molecule has 0 aliphatic carbocycles. The summed E-state index contributed by atoms with van der Waals surface area (Å²) in [5, 5.41) is 16.0. The van der Waals surface area contributed by atoms with Crippen molar-refractivity contribution in [3.05, 3.63) is 78.0 Å². The second kappa shape index (κ2) is 10.5. The number of rotatable bonds is 7. The molecule has 0 saturated heterocycles. The number of nitrogens with zero attached hydrogens (tertiary/aromatic N) is 3. The number of para-hydroxylation sites is 1. The van der Waals surface area contributed by atoms with Crippen LogP contribution in [-0.4, -0.2) is 26.9 Å². The van der Waals surface area contributed by atoms with E-state index < -0.39 is 11.7 Å². The first-order chi connectivity index (χ1) is 16.7. The highest BCUT2D eigenvalue weighted by Gasteiger charge is 2.17. The molecule has 0 bridgehead atoms. The number of pyridine rings is 1. The number of ether oxygens (including phenoxy) is 2. The molecule has 0 fully saturated rings. The SMILES string of the molecule is Cc1ccc(OCc2ccnc(NC(=O)OC(C)(C)C)c2)c(-c2nnc(Nc3ccccc3)s2)c1. The van der Waals surface area contributed by atoms with Crippen molar-refractivity contribution in [1.82, 2.24) is 15.2 Å². The van der Waals surface area contributed by atoms with Crippen molar-refractivity contribution in [1.29, 1.82) is 0 Å². The highest BCUT2D eigenvalue weighted by molar-refractivity contribution is 7.18. The van der Waals surface area contributed by atoms with E-state index in [4.69, 9.17) is 9.47 Å². The summed E-state index contributed by atoms with van der Waals surface area (Å²) in [6.07, 6.45) is 1.06. The van der Waals surface area contributed by atoms with Gasteiger partial charge in [-0.05, 0) is 69.7 Å². The number of amides is 1. The largest absolute Gasteiger partial charge is 0.488 e. The number of aryl methyl sites for hydroxylation is 1. The Labute approximate surface area is 208 Å². The lowest BCUT2D eigenvalue weighted by Gasteiger charge is -2.19. The van der Waals surface area contributed by atoms with Crippen LogP contribution in [0.25, 0.3) is 10.6 Å². The summed E-state index contributed by atoms with van der Waals surface area (Å²) < 4.78 is 11.4. The maximum absolute atomic E-state index is 12.0. The number of carbonyl (C=O) groups is 1. The Balaban J connectivity index is 1.46. The molecule has 2 N–H and O–H groups in total. The fourth-order valence-corrected chi connectivity index (χ4v) is 3.95. The highest BCUT2D eigenvalue weighted by atomic mass is 32.1. The zero-order valence-corrected chi connectivity index (χ0v) is 20.8. The molecular weight excluding hydrogens is 462 g/mol. The number of nitrogens with one attached hydrogen (secondary N) is 2. The van der Waals surface area contributed by atoms with E-state index in [1.807, 2.05) is 82.3 Å². The van der Waals surface area contributed by atoms with Gasteiger partial charge in [-0.25, -0.2) is 9.78 Å². The van der Waals surface area contributed by atoms with E-state index >= 15 is 0 Å². The molecule has 0 radical (unpaired) electrons. The highest BCUT2D eigenvalue weighted by Crippen LogP contribution is 2.35. The molecule has 2 aromatic carbocycles. The van der Waals surface area contributed by atoms with Crippen LogP contribution in [0.5, 0.6) is 5.75 Å². The zero-order valence-electron chi connectivity index (χ0n) is 20.0. The van der Waals surface area contributed by atoms with E-state index in [0.717, 1.165) is 27.4 Å². The van der Waals surface area contributed by atoms with Crippen molar-refractivity contribution in [3.8, 4) is 16.3 Å². The van der Waals surface area contributed by atoms with Crippen molar-refractivity contribution < 1.29 is 14.3 Å². The minimum absolute atomic E-state index is 0.287. The zero-order chi connectivity index (χ0) is 24.8. The van der Waals surface area contributed by atoms with Crippen LogP contribution in [0.3, 0.4) is 0 Å². The number of hydrogen-bond acceptors (Lipinski definition) is 8. The topological polar surface area (TPSA) is 98.3 Å². The van der Waals surface area contributed by atoms with Gasteiger partial charge in [0, 0.05) is 11.9 Å². The molecule has 0 spiro atoms. The Morgan fingerprint density at radius 2 is 1.83 bits per heavy atom. The van der Waals surface area contributed by atoms with Crippen molar-refractivity contribution in [2.75, 3.05) is 10.6 Å². The number of anilines is 3. The average molecular weight is 490 g/mol. The lowest BCUT2D eigenvalue weighted by Crippen LogP contribution is -2.27. The Morgan fingerprint density at radius 3 is 2.60 bits per heavy atom. The average Bonchev–Trinajstić information content (AvgIpc) is 3.26. The molecule has 4 rings (SSSR count). The molecule has 8 nitrogen and oxygen atoms in total. The molecule has 1 amide bonds. The van der Waals surface area contributed by atoms with Gasteiger partial charge in [-0.2, -0.15) is 0 Å². The van der Waals surface area contributed by atoms with Crippen LogP contribution in [0.15, 0.2) is 66.9 Å². The summed E-state index contributed by atoms with van der Waals surface area (Å²) in [5.74, 6) is 1.08. The number of hydrogen-bond donors (Lipinski definition) is 2. The first kappa shape index (κ1) is 24.2. The van der Waals surface area contributed by atoms with Crippen LogP contribution in [0.4, 0.5) is 21.4 Å².